The molecule has 0 atom stereocenters. The van der Waals surface area contributed by atoms with E-state index in [2.05, 4.69) is 5.32 Å². The van der Waals surface area contributed by atoms with Crippen LogP contribution in [-0.4, -0.2) is 12.5 Å². The number of benzene rings is 1. The Kier molecular flexibility index (Phi) is 4.88. The van der Waals surface area contributed by atoms with E-state index in [1.165, 1.54) is 44.2 Å². The lowest BCUT2D eigenvalue weighted by Crippen LogP contribution is -2.27. The molecule has 4 heteroatoms. The fourth-order valence-electron chi connectivity index (χ4n) is 2.64. The van der Waals surface area contributed by atoms with Crippen molar-refractivity contribution in [3.8, 4) is 0 Å². The minimum absolute atomic E-state index is 0.219. The Balaban J connectivity index is 1.82. The number of nitrogens with one attached hydrogen (secondary N) is 1. The quantitative estimate of drug-likeness (QED) is 0.886. The molecule has 0 spiro atoms. The lowest BCUT2D eigenvalue weighted by Gasteiger charge is -2.21. The molecule has 0 heterocycles. The summed E-state index contributed by atoms with van der Waals surface area (Å²) in [5.74, 6) is -1.93. The summed E-state index contributed by atoms with van der Waals surface area (Å²) >= 11 is 0. The highest BCUT2D eigenvalue weighted by Crippen LogP contribution is 2.25. The van der Waals surface area contributed by atoms with Crippen LogP contribution in [0.3, 0.4) is 0 Å². The topological polar surface area (TPSA) is 29.1 Å². The molecule has 1 aliphatic carbocycles. The Bertz CT molecular complexity index is 442. The normalized spacial score (nSPS) is 16.3. The predicted molar refractivity (Wildman–Crippen MR) is 69.9 cm³/mol. The van der Waals surface area contributed by atoms with Crippen LogP contribution in [0.25, 0.3) is 0 Å². The maximum atomic E-state index is 13.4. The molecule has 0 bridgehead atoms. The number of halogens is 2. The molecule has 2 rings (SSSR count). The molecular formula is C15H19F2NO. The highest BCUT2D eigenvalue weighted by Gasteiger charge is 2.16. The van der Waals surface area contributed by atoms with Crippen molar-refractivity contribution >= 4 is 5.91 Å². The Morgan fingerprint density at radius 3 is 2.68 bits per heavy atom. The van der Waals surface area contributed by atoms with Crippen molar-refractivity contribution in [1.82, 2.24) is 5.32 Å². The van der Waals surface area contributed by atoms with Gasteiger partial charge in [0.05, 0.1) is 5.56 Å². The molecule has 0 aliphatic heterocycles. The maximum Gasteiger partial charge on any atom is 0.254 e. The van der Waals surface area contributed by atoms with Gasteiger partial charge in [-0.15, -0.1) is 0 Å². The van der Waals surface area contributed by atoms with Gasteiger partial charge in [-0.2, -0.15) is 0 Å². The average molecular weight is 267 g/mol. The molecule has 0 radical (unpaired) electrons. The molecule has 2 nitrogen and oxygen atoms in total. The summed E-state index contributed by atoms with van der Waals surface area (Å²) in [4.78, 5) is 11.7. The second-order valence-corrected chi connectivity index (χ2v) is 5.15. The highest BCUT2D eigenvalue weighted by molar-refractivity contribution is 5.94. The van der Waals surface area contributed by atoms with Crippen molar-refractivity contribution in [1.29, 1.82) is 0 Å². The van der Waals surface area contributed by atoms with Gasteiger partial charge in [-0.05, 0) is 24.5 Å². The van der Waals surface area contributed by atoms with Crippen LogP contribution in [0, 0.1) is 17.6 Å². The Morgan fingerprint density at radius 1 is 1.21 bits per heavy atom. The number of carbonyl (C=O) groups is 1. The molecule has 1 amide bonds. The van der Waals surface area contributed by atoms with Crippen LogP contribution >= 0.6 is 0 Å². The smallest absolute Gasteiger partial charge is 0.254 e. The molecule has 1 aromatic rings. The zero-order valence-electron chi connectivity index (χ0n) is 10.9. The first-order valence-corrected chi connectivity index (χ1v) is 6.90. The third-order valence-electron chi connectivity index (χ3n) is 3.76. The fourth-order valence-corrected chi connectivity index (χ4v) is 2.64. The SMILES string of the molecule is O=C(NCCC1CCCCC1)c1cccc(F)c1F. The van der Waals surface area contributed by atoms with Gasteiger partial charge >= 0.3 is 0 Å². The number of amides is 1. The minimum atomic E-state index is -1.07. The average Bonchev–Trinajstić information content (AvgIpc) is 2.43. The summed E-state index contributed by atoms with van der Waals surface area (Å²) in [7, 11) is 0. The van der Waals surface area contributed by atoms with Gasteiger partial charge in [0, 0.05) is 6.54 Å². The number of hydrogen-bond acceptors (Lipinski definition) is 1. The van der Waals surface area contributed by atoms with E-state index in [1.807, 2.05) is 0 Å². The van der Waals surface area contributed by atoms with Crippen LogP contribution < -0.4 is 5.32 Å². The van der Waals surface area contributed by atoms with Gasteiger partial charge in [0.15, 0.2) is 11.6 Å². The minimum Gasteiger partial charge on any atom is -0.352 e. The number of carbonyl (C=O) groups excluding carboxylic acids is 1. The van der Waals surface area contributed by atoms with E-state index in [-0.39, 0.29) is 5.56 Å². The summed E-state index contributed by atoms with van der Waals surface area (Å²) in [6.45, 7) is 0.527. The molecular weight excluding hydrogens is 248 g/mol. The van der Waals surface area contributed by atoms with E-state index < -0.39 is 17.5 Å². The third kappa shape index (κ3) is 3.75. The van der Waals surface area contributed by atoms with Crippen LogP contribution in [-0.2, 0) is 0 Å². The molecule has 0 aromatic heterocycles. The standard InChI is InChI=1S/C15H19F2NO/c16-13-8-4-7-12(14(13)17)15(19)18-10-9-11-5-2-1-3-6-11/h4,7-8,11H,1-3,5-6,9-10H2,(H,18,19). The second-order valence-electron chi connectivity index (χ2n) is 5.15. The predicted octanol–water partition coefficient (Wildman–Crippen LogP) is 3.67. The van der Waals surface area contributed by atoms with Crippen molar-refractivity contribution in [2.45, 2.75) is 38.5 Å². The van der Waals surface area contributed by atoms with Crippen molar-refractivity contribution in [2.24, 2.45) is 5.92 Å². The Morgan fingerprint density at radius 2 is 1.95 bits per heavy atom. The van der Waals surface area contributed by atoms with Crippen LogP contribution in [0.15, 0.2) is 18.2 Å². The van der Waals surface area contributed by atoms with Crippen molar-refractivity contribution in [2.75, 3.05) is 6.54 Å². The van der Waals surface area contributed by atoms with E-state index in [1.54, 1.807) is 0 Å². The first kappa shape index (κ1) is 14.0. The zero-order valence-corrected chi connectivity index (χ0v) is 10.9. The van der Waals surface area contributed by atoms with Crippen LogP contribution in [0.1, 0.15) is 48.9 Å². The molecule has 0 unspecified atom stereocenters. The van der Waals surface area contributed by atoms with Gasteiger partial charge in [-0.1, -0.05) is 38.2 Å². The summed E-state index contributed by atoms with van der Waals surface area (Å²) in [5, 5.41) is 2.67. The van der Waals surface area contributed by atoms with E-state index in [0.717, 1.165) is 12.5 Å². The molecule has 0 saturated heterocycles. The van der Waals surface area contributed by atoms with Crippen molar-refractivity contribution < 1.29 is 13.6 Å². The van der Waals surface area contributed by atoms with Gasteiger partial charge < -0.3 is 5.32 Å². The van der Waals surface area contributed by atoms with Crippen LogP contribution in [0.5, 0.6) is 0 Å². The number of rotatable bonds is 4. The molecule has 1 fully saturated rings. The molecule has 1 aliphatic rings. The summed E-state index contributed by atoms with van der Waals surface area (Å²) in [6, 6.07) is 3.65. The molecule has 1 N–H and O–H groups in total. The first-order valence-electron chi connectivity index (χ1n) is 6.90. The van der Waals surface area contributed by atoms with E-state index in [4.69, 9.17) is 0 Å². The van der Waals surface area contributed by atoms with Gasteiger partial charge in [0.25, 0.3) is 5.91 Å². The zero-order chi connectivity index (χ0) is 13.7. The maximum absolute atomic E-state index is 13.4. The largest absolute Gasteiger partial charge is 0.352 e. The van der Waals surface area contributed by atoms with Crippen molar-refractivity contribution in [3.63, 3.8) is 0 Å². The molecule has 104 valence electrons. The fraction of sp³-hybridized carbons (Fsp3) is 0.533. The Labute approximate surface area is 112 Å². The third-order valence-corrected chi connectivity index (χ3v) is 3.76. The molecule has 1 aromatic carbocycles. The Hall–Kier alpha value is -1.45. The highest BCUT2D eigenvalue weighted by atomic mass is 19.2. The van der Waals surface area contributed by atoms with Crippen molar-refractivity contribution in [3.05, 3.63) is 35.4 Å². The van der Waals surface area contributed by atoms with Crippen LogP contribution in [0.2, 0.25) is 0 Å². The van der Waals surface area contributed by atoms with Gasteiger partial charge in [-0.25, -0.2) is 8.78 Å². The van der Waals surface area contributed by atoms with Gasteiger partial charge in [-0.3, -0.25) is 4.79 Å². The van der Waals surface area contributed by atoms with E-state index in [9.17, 15) is 13.6 Å². The van der Waals surface area contributed by atoms with Crippen LogP contribution in [0.4, 0.5) is 8.78 Å². The van der Waals surface area contributed by atoms with E-state index >= 15 is 0 Å². The lowest BCUT2D eigenvalue weighted by molar-refractivity contribution is 0.0945. The van der Waals surface area contributed by atoms with E-state index in [0.29, 0.717) is 12.5 Å². The first-order chi connectivity index (χ1) is 9.18. The molecule has 19 heavy (non-hydrogen) atoms. The number of hydrogen-bond donors (Lipinski definition) is 1. The summed E-state index contributed by atoms with van der Waals surface area (Å²) < 4.78 is 26.4. The lowest BCUT2D eigenvalue weighted by atomic mass is 9.87. The van der Waals surface area contributed by atoms with Gasteiger partial charge in [0.1, 0.15) is 0 Å². The summed E-state index contributed by atoms with van der Waals surface area (Å²) in [5.41, 5.74) is -0.219. The summed E-state index contributed by atoms with van der Waals surface area (Å²) in [6.07, 6.45) is 7.17. The molecule has 1 saturated carbocycles. The monoisotopic (exact) mass is 267 g/mol. The second kappa shape index (κ2) is 6.64. The van der Waals surface area contributed by atoms with Gasteiger partial charge in [0.2, 0.25) is 0 Å².